The molecule has 1 aromatic heterocycles. The van der Waals surface area contributed by atoms with Gasteiger partial charge in [-0.3, -0.25) is 9.78 Å². The maximum Gasteiger partial charge on any atom is 0.272 e. The van der Waals surface area contributed by atoms with Gasteiger partial charge in [0.2, 0.25) is 0 Å². The molecule has 5 nitrogen and oxygen atoms in total. The molecular weight excluding hydrogens is 348 g/mol. The van der Waals surface area contributed by atoms with Crippen molar-refractivity contribution in [3.8, 4) is 0 Å². The number of pyridine rings is 1. The SMILES string of the molecule is CC1CC(C)(C)N(C)c2cc(Cl)c(/C=N\NC(=O)c3cccnc3)cc21. The maximum atomic E-state index is 12.0. The third kappa shape index (κ3) is 3.58. The largest absolute Gasteiger partial charge is 0.369 e. The zero-order chi connectivity index (χ0) is 18.9. The third-order valence-corrected chi connectivity index (χ3v) is 5.37. The fourth-order valence-electron chi connectivity index (χ4n) is 3.43. The Morgan fingerprint density at radius 1 is 1.46 bits per heavy atom. The molecule has 0 saturated heterocycles. The van der Waals surface area contributed by atoms with Crippen LogP contribution >= 0.6 is 11.6 Å². The molecule has 1 amide bonds. The summed E-state index contributed by atoms with van der Waals surface area (Å²) in [5.74, 6) is 0.115. The second kappa shape index (κ2) is 7.08. The van der Waals surface area contributed by atoms with Crippen LogP contribution in [0.5, 0.6) is 0 Å². The molecule has 1 aliphatic rings. The first-order chi connectivity index (χ1) is 12.3. The molecular formula is C20H23ClN4O. The van der Waals surface area contributed by atoms with Gasteiger partial charge in [-0.05, 0) is 56.0 Å². The zero-order valence-electron chi connectivity index (χ0n) is 15.5. The van der Waals surface area contributed by atoms with E-state index in [-0.39, 0.29) is 11.4 Å². The minimum atomic E-state index is -0.307. The van der Waals surface area contributed by atoms with Crippen molar-refractivity contribution >= 4 is 29.4 Å². The van der Waals surface area contributed by atoms with Gasteiger partial charge in [0.05, 0.1) is 16.8 Å². The molecule has 1 aliphatic heterocycles. The second-order valence-corrected chi connectivity index (χ2v) is 7.76. The quantitative estimate of drug-likeness (QED) is 0.650. The van der Waals surface area contributed by atoms with E-state index in [0.29, 0.717) is 16.5 Å². The first kappa shape index (κ1) is 18.4. The Kier molecular flexibility index (Phi) is 5.01. The van der Waals surface area contributed by atoms with Crippen LogP contribution in [0.25, 0.3) is 0 Å². The number of carbonyl (C=O) groups is 1. The second-order valence-electron chi connectivity index (χ2n) is 7.35. The average molecular weight is 371 g/mol. The van der Waals surface area contributed by atoms with Gasteiger partial charge in [-0.1, -0.05) is 18.5 Å². The summed E-state index contributed by atoms with van der Waals surface area (Å²) < 4.78 is 0. The average Bonchev–Trinajstić information content (AvgIpc) is 2.61. The Labute approximate surface area is 159 Å². The van der Waals surface area contributed by atoms with E-state index in [4.69, 9.17) is 11.6 Å². The molecule has 136 valence electrons. The Hall–Kier alpha value is -2.40. The lowest BCUT2D eigenvalue weighted by atomic mass is 9.80. The minimum absolute atomic E-state index is 0.0864. The van der Waals surface area contributed by atoms with Crippen LogP contribution < -0.4 is 10.3 Å². The van der Waals surface area contributed by atoms with Crippen molar-refractivity contribution in [2.75, 3.05) is 11.9 Å². The van der Waals surface area contributed by atoms with Gasteiger partial charge in [0, 0.05) is 36.2 Å². The fraction of sp³-hybridized carbons (Fsp3) is 0.350. The van der Waals surface area contributed by atoms with E-state index in [1.54, 1.807) is 24.5 Å². The highest BCUT2D eigenvalue weighted by atomic mass is 35.5. The molecule has 26 heavy (non-hydrogen) atoms. The number of hydrogen-bond acceptors (Lipinski definition) is 4. The van der Waals surface area contributed by atoms with Crippen LogP contribution in [0.1, 0.15) is 54.6 Å². The summed E-state index contributed by atoms with van der Waals surface area (Å²) in [4.78, 5) is 18.2. The van der Waals surface area contributed by atoms with Gasteiger partial charge in [-0.15, -0.1) is 0 Å². The summed E-state index contributed by atoms with van der Waals surface area (Å²) in [5, 5.41) is 4.66. The highest BCUT2D eigenvalue weighted by Crippen LogP contribution is 2.44. The molecule has 1 unspecified atom stereocenters. The number of aromatic nitrogens is 1. The Morgan fingerprint density at radius 3 is 2.92 bits per heavy atom. The van der Waals surface area contributed by atoms with E-state index in [9.17, 15) is 4.79 Å². The molecule has 0 spiro atoms. The van der Waals surface area contributed by atoms with Crippen LogP contribution in [0.4, 0.5) is 5.69 Å². The summed E-state index contributed by atoms with van der Waals surface area (Å²) >= 11 is 6.46. The molecule has 1 atom stereocenters. The van der Waals surface area contributed by atoms with Gasteiger partial charge in [-0.2, -0.15) is 5.10 Å². The summed E-state index contributed by atoms with van der Waals surface area (Å²) in [6.45, 7) is 6.71. The maximum absolute atomic E-state index is 12.0. The lowest BCUT2D eigenvalue weighted by Crippen LogP contribution is -2.45. The molecule has 2 aromatic rings. The smallest absolute Gasteiger partial charge is 0.272 e. The lowest BCUT2D eigenvalue weighted by molar-refractivity contribution is 0.0955. The molecule has 0 fully saturated rings. The molecule has 0 bridgehead atoms. The van der Waals surface area contributed by atoms with Gasteiger partial charge >= 0.3 is 0 Å². The zero-order valence-corrected chi connectivity index (χ0v) is 16.2. The predicted octanol–water partition coefficient (Wildman–Crippen LogP) is 4.22. The van der Waals surface area contributed by atoms with Crippen molar-refractivity contribution in [1.29, 1.82) is 0 Å². The van der Waals surface area contributed by atoms with E-state index in [1.807, 2.05) is 6.07 Å². The minimum Gasteiger partial charge on any atom is -0.369 e. The number of halogens is 1. The standard InChI is InChI=1S/C20H23ClN4O/c1-13-10-20(2,3)25(4)18-9-17(21)15(8-16(13)18)12-23-24-19(26)14-6-5-7-22-11-14/h5-9,11-13H,10H2,1-4H3,(H,24,26)/b23-12-. The number of benzene rings is 1. The van der Waals surface area contributed by atoms with E-state index >= 15 is 0 Å². The van der Waals surface area contributed by atoms with Crippen LogP contribution in [0.3, 0.4) is 0 Å². The van der Waals surface area contributed by atoms with E-state index in [1.165, 1.54) is 11.8 Å². The molecule has 1 aromatic carbocycles. The molecule has 1 N–H and O–H groups in total. The summed E-state index contributed by atoms with van der Waals surface area (Å²) in [7, 11) is 2.10. The van der Waals surface area contributed by atoms with Crippen LogP contribution in [0, 0.1) is 0 Å². The first-order valence-electron chi connectivity index (χ1n) is 8.60. The van der Waals surface area contributed by atoms with E-state index < -0.39 is 0 Å². The molecule has 0 radical (unpaired) electrons. The summed E-state index contributed by atoms with van der Waals surface area (Å²) in [6.07, 6.45) is 5.76. The molecule has 2 heterocycles. The summed E-state index contributed by atoms with van der Waals surface area (Å²) in [5.41, 5.74) is 6.24. The number of carbonyl (C=O) groups excluding carboxylic acids is 1. The Balaban J connectivity index is 1.82. The van der Waals surface area contributed by atoms with Gasteiger partial charge in [0.25, 0.3) is 5.91 Å². The number of hydrazone groups is 1. The topological polar surface area (TPSA) is 57.6 Å². The van der Waals surface area contributed by atoms with Crippen molar-refractivity contribution in [3.05, 3.63) is 58.4 Å². The van der Waals surface area contributed by atoms with E-state index in [2.05, 4.69) is 54.3 Å². The monoisotopic (exact) mass is 370 g/mol. The summed E-state index contributed by atoms with van der Waals surface area (Å²) in [6, 6.07) is 7.44. The fourth-order valence-corrected chi connectivity index (χ4v) is 3.63. The van der Waals surface area contributed by atoms with Gasteiger partial charge in [-0.25, -0.2) is 5.43 Å². The van der Waals surface area contributed by atoms with Crippen molar-refractivity contribution in [2.24, 2.45) is 5.10 Å². The first-order valence-corrected chi connectivity index (χ1v) is 8.98. The number of nitrogens with one attached hydrogen (secondary N) is 1. The number of fused-ring (bicyclic) bond motifs is 1. The third-order valence-electron chi connectivity index (χ3n) is 5.05. The van der Waals surface area contributed by atoms with Crippen molar-refractivity contribution in [2.45, 2.75) is 38.6 Å². The predicted molar refractivity (Wildman–Crippen MR) is 106 cm³/mol. The Bertz CT molecular complexity index is 848. The molecule has 3 rings (SSSR count). The Morgan fingerprint density at radius 2 is 2.23 bits per heavy atom. The number of amides is 1. The molecule has 0 aliphatic carbocycles. The van der Waals surface area contributed by atoms with Gasteiger partial charge in [0.1, 0.15) is 0 Å². The van der Waals surface area contributed by atoms with E-state index in [0.717, 1.165) is 17.7 Å². The van der Waals surface area contributed by atoms with Gasteiger partial charge in [0.15, 0.2) is 0 Å². The highest BCUT2D eigenvalue weighted by molar-refractivity contribution is 6.33. The number of nitrogens with zero attached hydrogens (tertiary/aromatic N) is 3. The molecule has 6 heteroatoms. The number of anilines is 1. The highest BCUT2D eigenvalue weighted by Gasteiger charge is 2.34. The molecule has 0 saturated carbocycles. The van der Waals surface area contributed by atoms with Crippen LogP contribution in [-0.2, 0) is 0 Å². The van der Waals surface area contributed by atoms with Crippen molar-refractivity contribution in [3.63, 3.8) is 0 Å². The normalized spacial score (nSPS) is 18.7. The van der Waals surface area contributed by atoms with Crippen molar-refractivity contribution < 1.29 is 4.79 Å². The van der Waals surface area contributed by atoms with Crippen LogP contribution in [0.15, 0.2) is 41.8 Å². The van der Waals surface area contributed by atoms with Gasteiger partial charge < -0.3 is 4.90 Å². The number of hydrogen-bond donors (Lipinski definition) is 1. The number of rotatable bonds is 3. The van der Waals surface area contributed by atoms with Crippen molar-refractivity contribution in [1.82, 2.24) is 10.4 Å². The van der Waals surface area contributed by atoms with Crippen LogP contribution in [0.2, 0.25) is 5.02 Å². The lowest BCUT2D eigenvalue weighted by Gasteiger charge is -2.45. The van der Waals surface area contributed by atoms with Crippen LogP contribution in [-0.4, -0.2) is 29.7 Å².